The Morgan fingerprint density at radius 1 is 0.892 bits per heavy atom. The van der Waals surface area contributed by atoms with E-state index in [1.165, 1.54) is 6.92 Å². The fourth-order valence-electron chi connectivity index (χ4n) is 3.20. The van der Waals surface area contributed by atoms with Crippen molar-refractivity contribution >= 4 is 35.6 Å². The van der Waals surface area contributed by atoms with E-state index in [9.17, 15) is 29.1 Å². The Labute approximate surface area is 214 Å². The largest absolute Gasteiger partial charge is 0.480 e. The Morgan fingerprint density at radius 3 is 2.08 bits per heavy atom. The molecule has 0 aliphatic heterocycles. The first kappa shape index (κ1) is 30.8. The Bertz CT molecular complexity index is 967. The van der Waals surface area contributed by atoms with Crippen molar-refractivity contribution in [1.82, 2.24) is 16.0 Å². The fraction of sp³-hybridized carbons (Fsp3) is 0.478. The Kier molecular flexibility index (Phi) is 13.1. The molecule has 0 spiro atoms. The van der Waals surface area contributed by atoms with Crippen LogP contribution in [0, 0.1) is 0 Å². The molecule has 37 heavy (non-hydrogen) atoms. The third kappa shape index (κ3) is 12.4. The van der Waals surface area contributed by atoms with Crippen molar-refractivity contribution in [2.75, 3.05) is 6.54 Å². The Balaban J connectivity index is 2.89. The van der Waals surface area contributed by atoms with Crippen molar-refractivity contribution < 1.29 is 29.1 Å². The SMILES string of the molecule is CC(NC(=O)C(N)CCC(N)=O)C(=O)NC(Cc1ccccc1)C(=O)NC(CCCN=C(N)N)C(=O)O. The van der Waals surface area contributed by atoms with Gasteiger partial charge in [0.2, 0.25) is 23.6 Å². The number of benzene rings is 1. The summed E-state index contributed by atoms with van der Waals surface area (Å²) in [6.07, 6.45) is 0.334. The molecule has 1 rings (SSSR count). The van der Waals surface area contributed by atoms with Gasteiger partial charge in [-0.2, -0.15) is 0 Å². The van der Waals surface area contributed by atoms with E-state index >= 15 is 0 Å². The van der Waals surface area contributed by atoms with Crippen LogP contribution in [0.5, 0.6) is 0 Å². The molecular formula is C23H36N8O6. The molecule has 0 saturated heterocycles. The maximum atomic E-state index is 13.0. The minimum atomic E-state index is -1.26. The number of carbonyl (C=O) groups is 5. The number of carboxylic acids is 1. The number of hydrogen-bond acceptors (Lipinski definition) is 7. The van der Waals surface area contributed by atoms with Gasteiger partial charge in [0.25, 0.3) is 0 Å². The molecule has 1 aromatic rings. The number of primary amides is 1. The molecule has 14 nitrogen and oxygen atoms in total. The van der Waals surface area contributed by atoms with Gasteiger partial charge in [-0.05, 0) is 31.7 Å². The van der Waals surface area contributed by atoms with Crippen LogP contribution in [0.4, 0.5) is 0 Å². The molecule has 0 heterocycles. The van der Waals surface area contributed by atoms with Crippen LogP contribution in [0.1, 0.15) is 38.2 Å². The second-order valence-electron chi connectivity index (χ2n) is 8.44. The quantitative estimate of drug-likeness (QED) is 0.0646. The second-order valence-corrected chi connectivity index (χ2v) is 8.44. The van der Waals surface area contributed by atoms with Gasteiger partial charge in [-0.3, -0.25) is 24.2 Å². The molecule has 12 N–H and O–H groups in total. The zero-order chi connectivity index (χ0) is 28.0. The second kappa shape index (κ2) is 15.7. The normalized spacial score (nSPS) is 13.8. The number of nitrogens with zero attached hydrogens (tertiary/aromatic N) is 1. The van der Waals surface area contributed by atoms with Crippen molar-refractivity contribution in [3.63, 3.8) is 0 Å². The lowest BCUT2D eigenvalue weighted by Crippen LogP contribution is -2.57. The average molecular weight is 521 g/mol. The monoisotopic (exact) mass is 520 g/mol. The molecule has 4 amide bonds. The number of carbonyl (C=O) groups excluding carboxylic acids is 4. The van der Waals surface area contributed by atoms with Crippen molar-refractivity contribution in [2.45, 2.75) is 63.2 Å². The van der Waals surface area contributed by atoms with Gasteiger partial charge in [0.15, 0.2) is 5.96 Å². The van der Waals surface area contributed by atoms with Crippen LogP contribution < -0.4 is 38.9 Å². The fourth-order valence-corrected chi connectivity index (χ4v) is 3.20. The Hall–Kier alpha value is -4.20. The highest BCUT2D eigenvalue weighted by atomic mass is 16.4. The lowest BCUT2D eigenvalue weighted by molar-refractivity contribution is -0.142. The van der Waals surface area contributed by atoms with Crippen LogP contribution in [0.3, 0.4) is 0 Å². The highest BCUT2D eigenvalue weighted by molar-refractivity contribution is 5.94. The number of carboxylic acid groups (broad SMARTS) is 1. The molecule has 0 aromatic heterocycles. The minimum Gasteiger partial charge on any atom is -0.480 e. The van der Waals surface area contributed by atoms with E-state index in [2.05, 4.69) is 20.9 Å². The van der Waals surface area contributed by atoms with Gasteiger partial charge in [-0.25, -0.2) is 4.79 Å². The van der Waals surface area contributed by atoms with E-state index in [4.69, 9.17) is 22.9 Å². The molecular weight excluding hydrogens is 484 g/mol. The predicted octanol–water partition coefficient (Wildman–Crippen LogP) is -2.57. The summed E-state index contributed by atoms with van der Waals surface area (Å²) in [7, 11) is 0. The summed E-state index contributed by atoms with van der Waals surface area (Å²) in [6.45, 7) is 1.58. The molecule has 1 aromatic carbocycles. The molecule has 0 aliphatic carbocycles. The summed E-state index contributed by atoms with van der Waals surface area (Å²) in [5, 5.41) is 17.0. The van der Waals surface area contributed by atoms with Crippen molar-refractivity contribution in [2.24, 2.45) is 27.9 Å². The number of aliphatic carboxylic acids is 1. The molecule has 14 heteroatoms. The van der Waals surface area contributed by atoms with Gasteiger partial charge in [0.1, 0.15) is 18.1 Å². The average Bonchev–Trinajstić information content (AvgIpc) is 2.83. The van der Waals surface area contributed by atoms with Crippen molar-refractivity contribution in [3.8, 4) is 0 Å². The van der Waals surface area contributed by atoms with Crippen molar-refractivity contribution in [3.05, 3.63) is 35.9 Å². The number of hydrogen-bond donors (Lipinski definition) is 8. The zero-order valence-corrected chi connectivity index (χ0v) is 20.7. The van der Waals surface area contributed by atoms with Crippen LogP contribution in [0.15, 0.2) is 35.3 Å². The lowest BCUT2D eigenvalue weighted by atomic mass is 10.0. The first-order valence-electron chi connectivity index (χ1n) is 11.7. The van der Waals surface area contributed by atoms with Gasteiger partial charge >= 0.3 is 5.97 Å². The first-order valence-corrected chi connectivity index (χ1v) is 11.7. The molecule has 204 valence electrons. The number of guanidine groups is 1. The Morgan fingerprint density at radius 2 is 1.51 bits per heavy atom. The molecule has 0 bridgehead atoms. The van der Waals surface area contributed by atoms with E-state index in [-0.39, 0.29) is 38.2 Å². The molecule has 4 atom stereocenters. The zero-order valence-electron chi connectivity index (χ0n) is 20.7. The summed E-state index contributed by atoms with van der Waals surface area (Å²) in [6, 6.07) is 4.29. The standard InChI is InChI=1S/C23H36N8O6/c1-13(29-20(34)15(24)9-10-18(25)32)19(33)31-17(12-14-6-3-2-4-7-14)21(35)30-16(22(36)37)8-5-11-28-23(26)27/h2-4,6-7,13,15-17H,5,8-12,24H2,1H3,(H2,25,32)(H,29,34)(H,30,35)(H,31,33)(H,36,37)(H4,26,27,28). The van der Waals surface area contributed by atoms with E-state index in [0.29, 0.717) is 12.0 Å². The molecule has 0 saturated carbocycles. The molecule has 0 aliphatic rings. The molecule has 4 unspecified atom stereocenters. The molecule has 0 radical (unpaired) electrons. The maximum Gasteiger partial charge on any atom is 0.326 e. The summed E-state index contributed by atoms with van der Waals surface area (Å²) < 4.78 is 0. The summed E-state index contributed by atoms with van der Waals surface area (Å²) in [4.78, 5) is 64.4. The van der Waals surface area contributed by atoms with E-state index in [1.807, 2.05) is 0 Å². The van der Waals surface area contributed by atoms with Gasteiger partial charge < -0.3 is 44.0 Å². The van der Waals surface area contributed by atoms with E-state index in [1.54, 1.807) is 30.3 Å². The topological polar surface area (TPSA) is 258 Å². The van der Waals surface area contributed by atoms with E-state index in [0.717, 1.165) is 0 Å². The van der Waals surface area contributed by atoms with Gasteiger partial charge in [0.05, 0.1) is 6.04 Å². The molecule has 0 fully saturated rings. The van der Waals surface area contributed by atoms with Crippen LogP contribution in [0.25, 0.3) is 0 Å². The highest BCUT2D eigenvalue weighted by Crippen LogP contribution is 2.06. The van der Waals surface area contributed by atoms with Crippen LogP contribution in [-0.4, -0.2) is 71.4 Å². The van der Waals surface area contributed by atoms with Crippen LogP contribution in [0.2, 0.25) is 0 Å². The minimum absolute atomic E-state index is 0.00824. The van der Waals surface area contributed by atoms with E-state index < -0.39 is 53.8 Å². The third-order valence-corrected chi connectivity index (χ3v) is 5.27. The van der Waals surface area contributed by atoms with Gasteiger partial charge in [-0.15, -0.1) is 0 Å². The first-order chi connectivity index (χ1) is 17.4. The van der Waals surface area contributed by atoms with Gasteiger partial charge in [-0.1, -0.05) is 30.3 Å². The summed E-state index contributed by atoms with van der Waals surface area (Å²) >= 11 is 0. The summed E-state index contributed by atoms with van der Waals surface area (Å²) in [5.41, 5.74) is 22.0. The highest BCUT2D eigenvalue weighted by Gasteiger charge is 2.29. The number of aliphatic imine (C=N–C) groups is 1. The number of amides is 4. The predicted molar refractivity (Wildman–Crippen MR) is 136 cm³/mol. The van der Waals surface area contributed by atoms with Crippen LogP contribution in [-0.2, 0) is 30.4 Å². The number of rotatable bonds is 16. The third-order valence-electron chi connectivity index (χ3n) is 5.27. The number of nitrogens with one attached hydrogen (secondary N) is 3. The van der Waals surface area contributed by atoms with Gasteiger partial charge in [0, 0.05) is 19.4 Å². The van der Waals surface area contributed by atoms with Crippen molar-refractivity contribution in [1.29, 1.82) is 0 Å². The number of nitrogens with two attached hydrogens (primary N) is 4. The smallest absolute Gasteiger partial charge is 0.326 e. The lowest BCUT2D eigenvalue weighted by Gasteiger charge is -2.24. The summed E-state index contributed by atoms with van der Waals surface area (Å²) in [5.74, 6) is -4.07. The van der Waals surface area contributed by atoms with Crippen LogP contribution >= 0.6 is 0 Å². The maximum absolute atomic E-state index is 13.0.